The van der Waals surface area contributed by atoms with Gasteiger partial charge in [0.2, 0.25) is 0 Å². The molecule has 12 rings (SSSR count). The maximum atomic E-state index is 2.47. The summed E-state index contributed by atoms with van der Waals surface area (Å²) >= 11 is 0. The lowest BCUT2D eigenvalue weighted by molar-refractivity contribution is 1.18. The van der Waals surface area contributed by atoms with E-state index >= 15 is 0 Å². The minimum Gasteiger partial charge on any atom is -0.310 e. The third kappa shape index (κ3) is 4.86. The molecule has 0 radical (unpaired) electrons. The van der Waals surface area contributed by atoms with Crippen LogP contribution in [0, 0.1) is 0 Å². The standard InChI is InChI=1S/C54H35N3/c1-3-12-36(13-4-1)37-22-24-38(25-23-37)39-26-28-41(29-27-39)55(42-31-33-52-49(34-42)45-17-8-9-20-50(45)56(52)40-14-5-2-6-15-40)43-30-32-46-48-19-11-18-47-44-16-7-10-21-51(44)57(54(47)48)53(46)35-43/h1-35H. The van der Waals surface area contributed by atoms with Crippen LogP contribution < -0.4 is 4.90 Å². The van der Waals surface area contributed by atoms with Gasteiger partial charge in [-0.15, -0.1) is 0 Å². The van der Waals surface area contributed by atoms with Gasteiger partial charge in [-0.2, -0.15) is 0 Å². The van der Waals surface area contributed by atoms with Gasteiger partial charge in [0.25, 0.3) is 0 Å². The number of nitrogens with zero attached hydrogens (tertiary/aromatic N) is 3. The quantitative estimate of drug-likeness (QED) is 0.166. The minimum absolute atomic E-state index is 1.10. The fraction of sp³-hybridized carbons (Fsp3) is 0. The highest BCUT2D eigenvalue weighted by molar-refractivity contribution is 6.23. The summed E-state index contributed by atoms with van der Waals surface area (Å²) in [6.45, 7) is 0. The van der Waals surface area contributed by atoms with E-state index in [1.165, 1.54) is 82.2 Å². The first-order valence-electron chi connectivity index (χ1n) is 19.6. The molecular formula is C54H35N3. The number of benzene rings is 9. The Hall–Kier alpha value is -7.62. The van der Waals surface area contributed by atoms with Crippen molar-refractivity contribution in [1.29, 1.82) is 0 Å². The molecule has 57 heavy (non-hydrogen) atoms. The molecule has 9 aromatic carbocycles. The molecule has 3 nitrogen and oxygen atoms in total. The second kappa shape index (κ2) is 12.5. The van der Waals surface area contributed by atoms with E-state index in [4.69, 9.17) is 0 Å². The van der Waals surface area contributed by atoms with Crippen molar-refractivity contribution in [2.75, 3.05) is 4.90 Å². The second-order valence-electron chi connectivity index (χ2n) is 15.0. The monoisotopic (exact) mass is 725 g/mol. The van der Waals surface area contributed by atoms with E-state index in [1.807, 2.05) is 0 Å². The molecule has 0 spiro atoms. The predicted octanol–water partition coefficient (Wildman–Crippen LogP) is 14.7. The van der Waals surface area contributed by atoms with E-state index in [0.717, 1.165) is 22.7 Å². The van der Waals surface area contributed by atoms with Gasteiger partial charge >= 0.3 is 0 Å². The Bertz CT molecular complexity index is 3430. The van der Waals surface area contributed by atoms with Crippen molar-refractivity contribution in [3.8, 4) is 27.9 Å². The van der Waals surface area contributed by atoms with Crippen LogP contribution in [0.4, 0.5) is 17.1 Å². The topological polar surface area (TPSA) is 12.6 Å². The number of hydrogen-bond donors (Lipinski definition) is 0. The van der Waals surface area contributed by atoms with E-state index in [1.54, 1.807) is 0 Å². The summed E-state index contributed by atoms with van der Waals surface area (Å²) in [7, 11) is 0. The first kappa shape index (κ1) is 31.7. The van der Waals surface area contributed by atoms with Gasteiger partial charge < -0.3 is 13.9 Å². The number of para-hydroxylation sites is 4. The van der Waals surface area contributed by atoms with Gasteiger partial charge in [0.1, 0.15) is 0 Å². The zero-order chi connectivity index (χ0) is 37.5. The molecule has 0 saturated heterocycles. The molecule has 0 fully saturated rings. The molecule has 0 saturated carbocycles. The van der Waals surface area contributed by atoms with Crippen LogP contribution in [0.2, 0.25) is 0 Å². The van der Waals surface area contributed by atoms with E-state index in [-0.39, 0.29) is 0 Å². The lowest BCUT2D eigenvalue weighted by Crippen LogP contribution is -2.10. The Labute approximate surface area is 329 Å². The molecule has 266 valence electrons. The van der Waals surface area contributed by atoms with Crippen molar-refractivity contribution < 1.29 is 0 Å². The molecule has 12 aromatic rings. The Morgan fingerprint density at radius 1 is 0.281 bits per heavy atom. The third-order valence-corrected chi connectivity index (χ3v) is 11.8. The average molecular weight is 726 g/mol. The summed E-state index contributed by atoms with van der Waals surface area (Å²) in [5.74, 6) is 0. The summed E-state index contributed by atoms with van der Waals surface area (Å²) in [5.41, 5.74) is 15.4. The molecule has 3 aromatic heterocycles. The van der Waals surface area contributed by atoms with E-state index in [2.05, 4.69) is 226 Å². The van der Waals surface area contributed by atoms with Crippen molar-refractivity contribution in [3.05, 3.63) is 212 Å². The van der Waals surface area contributed by atoms with Crippen molar-refractivity contribution in [1.82, 2.24) is 8.97 Å². The smallest absolute Gasteiger partial charge is 0.0620 e. The number of anilines is 3. The van der Waals surface area contributed by atoms with Gasteiger partial charge in [-0.25, -0.2) is 0 Å². The zero-order valence-corrected chi connectivity index (χ0v) is 31.0. The van der Waals surface area contributed by atoms with Crippen LogP contribution in [0.1, 0.15) is 0 Å². The molecule has 0 atom stereocenters. The Kier molecular flexibility index (Phi) is 6.93. The summed E-state index contributed by atoms with van der Waals surface area (Å²) in [5, 5.41) is 7.59. The lowest BCUT2D eigenvalue weighted by Gasteiger charge is -2.26. The zero-order valence-electron chi connectivity index (χ0n) is 31.0. The van der Waals surface area contributed by atoms with Crippen LogP contribution in [0.5, 0.6) is 0 Å². The molecule has 0 aliphatic rings. The van der Waals surface area contributed by atoms with E-state index in [9.17, 15) is 0 Å². The first-order valence-corrected chi connectivity index (χ1v) is 19.6. The Morgan fingerprint density at radius 3 is 1.46 bits per heavy atom. The number of aromatic nitrogens is 2. The molecule has 0 amide bonds. The maximum Gasteiger partial charge on any atom is 0.0620 e. The fourth-order valence-electron chi connectivity index (χ4n) is 9.25. The number of rotatable bonds is 6. The predicted molar refractivity (Wildman–Crippen MR) is 241 cm³/mol. The van der Waals surface area contributed by atoms with Crippen LogP contribution >= 0.6 is 0 Å². The van der Waals surface area contributed by atoms with Crippen LogP contribution in [0.3, 0.4) is 0 Å². The van der Waals surface area contributed by atoms with Gasteiger partial charge in [0.15, 0.2) is 0 Å². The highest BCUT2D eigenvalue weighted by atomic mass is 15.1. The Morgan fingerprint density at radius 2 is 0.754 bits per heavy atom. The molecule has 0 bridgehead atoms. The highest BCUT2D eigenvalue weighted by Gasteiger charge is 2.21. The third-order valence-electron chi connectivity index (χ3n) is 11.8. The van der Waals surface area contributed by atoms with Gasteiger partial charge in [-0.05, 0) is 89.0 Å². The molecule has 3 heterocycles. The van der Waals surface area contributed by atoms with Gasteiger partial charge in [-0.3, -0.25) is 0 Å². The molecule has 0 unspecified atom stereocenters. The van der Waals surface area contributed by atoms with Gasteiger partial charge in [-0.1, -0.05) is 146 Å². The minimum atomic E-state index is 1.10. The Balaban J connectivity index is 1.05. The first-order chi connectivity index (χ1) is 28.3. The molecule has 0 N–H and O–H groups in total. The normalized spacial score (nSPS) is 11.9. The molecule has 0 aliphatic heterocycles. The largest absolute Gasteiger partial charge is 0.310 e. The molecule has 0 aliphatic carbocycles. The summed E-state index contributed by atoms with van der Waals surface area (Å²) in [6.07, 6.45) is 0. The highest BCUT2D eigenvalue weighted by Crippen LogP contribution is 2.44. The molecule has 3 heteroatoms. The van der Waals surface area contributed by atoms with E-state index < -0.39 is 0 Å². The van der Waals surface area contributed by atoms with Crippen LogP contribution in [-0.4, -0.2) is 8.97 Å². The van der Waals surface area contributed by atoms with Crippen LogP contribution in [0.15, 0.2) is 212 Å². The SMILES string of the molecule is c1ccc(-c2ccc(-c3ccc(N(c4ccc5c(c4)c4ccccc4n5-c4ccccc4)c4ccc5c6cccc7c8ccccc8n(c5c4)c76)cc3)cc2)cc1. The lowest BCUT2D eigenvalue weighted by atomic mass is 10.00. The van der Waals surface area contributed by atoms with Crippen LogP contribution in [0.25, 0.3) is 87.8 Å². The number of hydrogen-bond acceptors (Lipinski definition) is 1. The van der Waals surface area contributed by atoms with Crippen molar-refractivity contribution in [3.63, 3.8) is 0 Å². The van der Waals surface area contributed by atoms with E-state index in [0.29, 0.717) is 0 Å². The summed E-state index contributed by atoms with van der Waals surface area (Å²) in [6, 6.07) is 77.4. The average Bonchev–Trinajstić information content (AvgIpc) is 3.92. The van der Waals surface area contributed by atoms with Crippen LogP contribution in [-0.2, 0) is 0 Å². The fourth-order valence-corrected chi connectivity index (χ4v) is 9.25. The number of fused-ring (bicyclic) bond motifs is 9. The van der Waals surface area contributed by atoms with Crippen molar-refractivity contribution in [2.24, 2.45) is 0 Å². The second-order valence-corrected chi connectivity index (χ2v) is 15.0. The van der Waals surface area contributed by atoms with Crippen molar-refractivity contribution in [2.45, 2.75) is 0 Å². The summed E-state index contributed by atoms with van der Waals surface area (Å²) in [4.78, 5) is 2.42. The summed E-state index contributed by atoms with van der Waals surface area (Å²) < 4.78 is 4.85. The van der Waals surface area contributed by atoms with Gasteiger partial charge in [0, 0.05) is 55.1 Å². The van der Waals surface area contributed by atoms with Crippen molar-refractivity contribution >= 4 is 77.0 Å². The molecular weight excluding hydrogens is 691 g/mol. The maximum absolute atomic E-state index is 2.47. The van der Waals surface area contributed by atoms with Gasteiger partial charge in [0.05, 0.1) is 27.6 Å².